The van der Waals surface area contributed by atoms with Crippen molar-refractivity contribution in [2.75, 3.05) is 31.1 Å². The van der Waals surface area contributed by atoms with Crippen LogP contribution in [0.3, 0.4) is 0 Å². The first-order valence-corrected chi connectivity index (χ1v) is 9.43. The number of likely N-dealkylation sites (tertiary alicyclic amines) is 1. The zero-order valence-electron chi connectivity index (χ0n) is 12.9. The molecule has 0 bridgehead atoms. The Morgan fingerprint density at radius 2 is 1.78 bits per heavy atom. The maximum Gasteiger partial charge on any atom is 0.307 e. The summed E-state index contributed by atoms with van der Waals surface area (Å²) in [6.45, 7) is 3.26. The molecule has 23 heavy (non-hydrogen) atoms. The SMILES string of the molecule is O=C1CC(S(=O)(=O)F)CN1c1ccc(CCN2CCCC2)cc1. The normalized spacial score (nSPS) is 22.9. The number of hydrogen-bond acceptors (Lipinski definition) is 4. The molecule has 126 valence electrons. The Kier molecular flexibility index (Phi) is 4.68. The van der Waals surface area contributed by atoms with Gasteiger partial charge in [-0.05, 0) is 50.0 Å². The van der Waals surface area contributed by atoms with Crippen LogP contribution in [-0.2, 0) is 21.4 Å². The molecule has 2 aliphatic rings. The van der Waals surface area contributed by atoms with Gasteiger partial charge in [-0.25, -0.2) is 0 Å². The first kappa shape index (κ1) is 16.4. The van der Waals surface area contributed by atoms with Gasteiger partial charge in [0.2, 0.25) is 5.91 Å². The van der Waals surface area contributed by atoms with Crippen molar-refractivity contribution in [2.45, 2.75) is 30.9 Å². The molecule has 0 N–H and O–H groups in total. The average molecular weight is 340 g/mol. The van der Waals surface area contributed by atoms with E-state index in [1.54, 1.807) is 0 Å². The van der Waals surface area contributed by atoms with E-state index in [2.05, 4.69) is 4.90 Å². The van der Waals surface area contributed by atoms with Gasteiger partial charge in [-0.1, -0.05) is 12.1 Å². The fourth-order valence-corrected chi connectivity index (χ4v) is 3.92. The second kappa shape index (κ2) is 6.57. The third kappa shape index (κ3) is 3.90. The lowest BCUT2D eigenvalue weighted by atomic mass is 10.1. The molecule has 2 fully saturated rings. The number of benzene rings is 1. The molecular formula is C16H21FN2O3S. The van der Waals surface area contributed by atoms with Gasteiger partial charge in [0.25, 0.3) is 0 Å². The van der Waals surface area contributed by atoms with Crippen molar-refractivity contribution in [1.82, 2.24) is 4.90 Å². The van der Waals surface area contributed by atoms with Crippen LogP contribution in [0.2, 0.25) is 0 Å². The Morgan fingerprint density at radius 1 is 1.13 bits per heavy atom. The van der Waals surface area contributed by atoms with Gasteiger partial charge >= 0.3 is 10.2 Å². The van der Waals surface area contributed by atoms with Crippen LogP contribution < -0.4 is 4.90 Å². The number of carbonyl (C=O) groups excluding carboxylic acids is 1. The fraction of sp³-hybridized carbons (Fsp3) is 0.562. The molecule has 1 atom stereocenters. The first-order chi connectivity index (χ1) is 10.9. The summed E-state index contributed by atoms with van der Waals surface area (Å²) in [7, 11) is -4.67. The van der Waals surface area contributed by atoms with Crippen molar-refractivity contribution in [3.05, 3.63) is 29.8 Å². The van der Waals surface area contributed by atoms with Gasteiger partial charge in [-0.2, -0.15) is 8.42 Å². The topological polar surface area (TPSA) is 57.7 Å². The van der Waals surface area contributed by atoms with Crippen LogP contribution >= 0.6 is 0 Å². The van der Waals surface area contributed by atoms with Crippen LogP contribution in [0.1, 0.15) is 24.8 Å². The van der Waals surface area contributed by atoms with Crippen molar-refractivity contribution in [3.63, 3.8) is 0 Å². The Morgan fingerprint density at radius 3 is 2.35 bits per heavy atom. The van der Waals surface area contributed by atoms with Gasteiger partial charge in [0.15, 0.2) is 0 Å². The highest BCUT2D eigenvalue weighted by molar-refractivity contribution is 7.87. The van der Waals surface area contributed by atoms with E-state index in [1.807, 2.05) is 24.3 Å². The van der Waals surface area contributed by atoms with Gasteiger partial charge in [0.05, 0.1) is 0 Å². The Bertz CT molecular complexity index is 669. The summed E-state index contributed by atoms with van der Waals surface area (Å²) in [6, 6.07) is 7.53. The van der Waals surface area contributed by atoms with Crippen molar-refractivity contribution in [3.8, 4) is 0 Å². The van der Waals surface area contributed by atoms with Crippen LogP contribution in [0.5, 0.6) is 0 Å². The third-order valence-corrected chi connectivity index (χ3v) is 5.76. The lowest BCUT2D eigenvalue weighted by Crippen LogP contribution is -2.26. The van der Waals surface area contributed by atoms with Gasteiger partial charge in [0, 0.05) is 25.2 Å². The minimum Gasteiger partial charge on any atom is -0.311 e. The van der Waals surface area contributed by atoms with Crippen LogP contribution in [0.15, 0.2) is 24.3 Å². The Hall–Kier alpha value is -1.47. The second-order valence-corrected chi connectivity index (χ2v) is 7.89. The molecule has 2 heterocycles. The molecule has 2 aliphatic heterocycles. The van der Waals surface area contributed by atoms with E-state index in [9.17, 15) is 17.1 Å². The summed E-state index contributed by atoms with van der Waals surface area (Å²) in [6.07, 6.45) is 3.22. The second-order valence-electron chi connectivity index (χ2n) is 6.27. The van der Waals surface area contributed by atoms with Crippen molar-refractivity contribution in [2.24, 2.45) is 0 Å². The van der Waals surface area contributed by atoms with E-state index in [0.717, 1.165) is 13.0 Å². The van der Waals surface area contributed by atoms with Crippen LogP contribution in [0.25, 0.3) is 0 Å². The molecule has 0 aromatic heterocycles. The maximum atomic E-state index is 13.1. The largest absolute Gasteiger partial charge is 0.311 e. The zero-order valence-corrected chi connectivity index (χ0v) is 13.8. The molecule has 1 aromatic carbocycles. The molecule has 7 heteroatoms. The van der Waals surface area contributed by atoms with Gasteiger partial charge in [-0.3, -0.25) is 4.79 Å². The van der Waals surface area contributed by atoms with Gasteiger partial charge in [0.1, 0.15) is 5.25 Å². The molecule has 3 rings (SSSR count). The highest BCUT2D eigenvalue weighted by Crippen LogP contribution is 2.26. The average Bonchev–Trinajstić information content (AvgIpc) is 3.14. The Labute approximate surface area is 136 Å². The molecule has 5 nitrogen and oxygen atoms in total. The summed E-state index contributed by atoms with van der Waals surface area (Å²) in [5.41, 5.74) is 1.81. The molecule has 0 aliphatic carbocycles. The van der Waals surface area contributed by atoms with E-state index in [4.69, 9.17) is 0 Å². The van der Waals surface area contributed by atoms with E-state index < -0.39 is 15.5 Å². The van der Waals surface area contributed by atoms with Crippen molar-refractivity contribution >= 4 is 21.8 Å². The van der Waals surface area contributed by atoms with E-state index >= 15 is 0 Å². The number of anilines is 1. The molecule has 0 spiro atoms. The molecular weight excluding hydrogens is 319 g/mol. The van der Waals surface area contributed by atoms with Crippen LogP contribution in [-0.4, -0.2) is 50.7 Å². The minimum absolute atomic E-state index is 0.106. The van der Waals surface area contributed by atoms with E-state index in [0.29, 0.717) is 5.69 Å². The highest BCUT2D eigenvalue weighted by Gasteiger charge is 2.38. The number of hydrogen-bond donors (Lipinski definition) is 0. The smallest absolute Gasteiger partial charge is 0.307 e. The van der Waals surface area contributed by atoms with Gasteiger partial charge in [-0.15, -0.1) is 3.89 Å². The van der Waals surface area contributed by atoms with E-state index in [1.165, 1.54) is 36.4 Å². The summed E-state index contributed by atoms with van der Waals surface area (Å²) in [5.74, 6) is -0.346. The number of halogens is 1. The van der Waals surface area contributed by atoms with E-state index in [-0.39, 0.29) is 18.9 Å². The molecule has 2 saturated heterocycles. The number of amides is 1. The fourth-order valence-electron chi connectivity index (χ4n) is 3.25. The lowest BCUT2D eigenvalue weighted by molar-refractivity contribution is -0.117. The Balaban J connectivity index is 1.61. The molecule has 1 amide bonds. The predicted molar refractivity (Wildman–Crippen MR) is 86.6 cm³/mol. The highest BCUT2D eigenvalue weighted by atomic mass is 32.3. The molecule has 0 saturated carbocycles. The van der Waals surface area contributed by atoms with Crippen LogP contribution in [0, 0.1) is 0 Å². The number of carbonyl (C=O) groups is 1. The summed E-state index contributed by atoms with van der Waals surface area (Å²) >= 11 is 0. The predicted octanol–water partition coefficient (Wildman–Crippen LogP) is 1.73. The zero-order chi connectivity index (χ0) is 16.4. The summed E-state index contributed by atoms with van der Waals surface area (Å²) in [4.78, 5) is 15.7. The number of nitrogens with zero attached hydrogens (tertiary/aromatic N) is 2. The van der Waals surface area contributed by atoms with Crippen molar-refractivity contribution < 1.29 is 17.1 Å². The molecule has 0 radical (unpaired) electrons. The molecule has 1 unspecified atom stereocenters. The number of rotatable bonds is 5. The quantitative estimate of drug-likeness (QED) is 0.766. The minimum atomic E-state index is -4.67. The lowest BCUT2D eigenvalue weighted by Gasteiger charge is -2.17. The summed E-state index contributed by atoms with van der Waals surface area (Å²) in [5, 5.41) is -1.25. The van der Waals surface area contributed by atoms with Gasteiger partial charge < -0.3 is 9.80 Å². The standard InChI is InChI=1S/C16H21FN2O3S/c17-23(21,22)15-11-16(20)19(12-15)14-5-3-13(4-6-14)7-10-18-8-1-2-9-18/h3-6,15H,1-2,7-12H2. The first-order valence-electron chi connectivity index (χ1n) is 7.98. The monoisotopic (exact) mass is 340 g/mol. The van der Waals surface area contributed by atoms with Crippen molar-refractivity contribution in [1.29, 1.82) is 0 Å². The van der Waals surface area contributed by atoms with Crippen LogP contribution in [0.4, 0.5) is 9.57 Å². The third-order valence-electron chi connectivity index (χ3n) is 4.65. The molecule has 1 aromatic rings. The maximum absolute atomic E-state index is 13.1. The summed E-state index contributed by atoms with van der Waals surface area (Å²) < 4.78 is 35.0.